The van der Waals surface area contributed by atoms with E-state index in [0.717, 1.165) is 37.6 Å². The van der Waals surface area contributed by atoms with Crippen molar-refractivity contribution in [2.45, 2.75) is 117 Å². The molecule has 0 saturated heterocycles. The van der Waals surface area contributed by atoms with Crippen molar-refractivity contribution in [3.8, 4) is 11.5 Å². The molecule has 0 atom stereocenters. The van der Waals surface area contributed by atoms with Gasteiger partial charge in [-0.25, -0.2) is 0 Å². The summed E-state index contributed by atoms with van der Waals surface area (Å²) >= 11 is 0. The molecule has 0 aliphatic carbocycles. The van der Waals surface area contributed by atoms with E-state index in [9.17, 15) is 0 Å². The van der Waals surface area contributed by atoms with Gasteiger partial charge < -0.3 is 9.47 Å². The molecule has 3 heteroatoms. The summed E-state index contributed by atoms with van der Waals surface area (Å²) < 4.78 is 13.0. The Morgan fingerprint density at radius 1 is 0.415 bits per heavy atom. The molecule has 0 spiro atoms. The first kappa shape index (κ1) is 33.2. The predicted molar refractivity (Wildman–Crippen MR) is 181 cm³/mol. The van der Waals surface area contributed by atoms with Gasteiger partial charge in [-0.3, -0.25) is 0 Å². The predicted octanol–water partition coefficient (Wildman–Crippen LogP) is 10.5. The molecule has 0 radical (unpaired) electrons. The third kappa shape index (κ3) is 12.6. The van der Waals surface area contributed by atoms with Gasteiger partial charge in [0.25, 0.3) is 0 Å². The van der Waals surface area contributed by atoms with Crippen LogP contribution in [0.3, 0.4) is 0 Å². The molecule has 0 N–H and O–H groups in total. The SMILES string of the molecule is CCCCCCCCCCOc1ccccc1P(c1ccccc1)c1ccccc1OCCCCCCCCCC. The number of rotatable bonds is 23. The number of hydrogen-bond donors (Lipinski definition) is 0. The second kappa shape index (κ2) is 21.4. The monoisotopic (exact) mass is 574 g/mol. The molecule has 0 bridgehead atoms. The van der Waals surface area contributed by atoms with E-state index >= 15 is 0 Å². The zero-order chi connectivity index (χ0) is 28.8. The Balaban J connectivity index is 1.64. The van der Waals surface area contributed by atoms with E-state index in [1.807, 2.05) is 0 Å². The molecule has 3 aromatic carbocycles. The molecule has 3 rings (SSSR count). The molecule has 2 nitrogen and oxygen atoms in total. The van der Waals surface area contributed by atoms with Crippen molar-refractivity contribution in [2.75, 3.05) is 13.2 Å². The largest absolute Gasteiger partial charge is 0.493 e. The van der Waals surface area contributed by atoms with Crippen molar-refractivity contribution in [2.24, 2.45) is 0 Å². The van der Waals surface area contributed by atoms with E-state index in [0.29, 0.717) is 0 Å². The molecule has 3 aromatic rings. The summed E-state index contributed by atoms with van der Waals surface area (Å²) in [4.78, 5) is 0. The van der Waals surface area contributed by atoms with Crippen LogP contribution in [0.5, 0.6) is 11.5 Å². The van der Waals surface area contributed by atoms with Gasteiger partial charge in [0.15, 0.2) is 0 Å². The summed E-state index contributed by atoms with van der Waals surface area (Å²) in [5.41, 5.74) is 0. The van der Waals surface area contributed by atoms with Gasteiger partial charge in [-0.15, -0.1) is 0 Å². The molecule has 0 aliphatic rings. The number of hydrogen-bond acceptors (Lipinski definition) is 2. The fraction of sp³-hybridized carbons (Fsp3) is 0.526. The molecule has 0 saturated carbocycles. The van der Waals surface area contributed by atoms with E-state index in [4.69, 9.17) is 9.47 Å². The maximum atomic E-state index is 6.48. The van der Waals surface area contributed by atoms with E-state index in [2.05, 4.69) is 92.7 Å². The topological polar surface area (TPSA) is 18.5 Å². The summed E-state index contributed by atoms with van der Waals surface area (Å²) in [5, 5.41) is 3.88. The quantitative estimate of drug-likeness (QED) is 0.0828. The normalized spacial score (nSPS) is 11.2. The minimum Gasteiger partial charge on any atom is -0.493 e. The van der Waals surface area contributed by atoms with Crippen LogP contribution in [0.4, 0.5) is 0 Å². The minimum absolute atomic E-state index is 0.778. The average molecular weight is 575 g/mol. The standard InChI is InChI=1S/C38H55O2P/c1-3-5-7-9-11-13-15-24-32-39-35-28-20-22-30-37(35)41(34-26-18-17-19-27-34)38-31-23-21-29-36(38)40-33-25-16-14-12-10-8-6-4-2/h17-23,26-31H,3-16,24-25,32-33H2,1-2H3. The lowest BCUT2D eigenvalue weighted by Crippen LogP contribution is -2.24. The van der Waals surface area contributed by atoms with E-state index < -0.39 is 7.92 Å². The Morgan fingerprint density at radius 3 is 1.22 bits per heavy atom. The molecule has 224 valence electrons. The molecule has 0 aromatic heterocycles. The van der Waals surface area contributed by atoms with Crippen LogP contribution in [0, 0.1) is 0 Å². The molecular weight excluding hydrogens is 519 g/mol. The van der Waals surface area contributed by atoms with Crippen LogP contribution in [-0.2, 0) is 0 Å². The van der Waals surface area contributed by atoms with Gasteiger partial charge in [0.2, 0.25) is 0 Å². The zero-order valence-electron chi connectivity index (χ0n) is 26.0. The van der Waals surface area contributed by atoms with Crippen LogP contribution in [0.25, 0.3) is 0 Å². The molecule has 0 aliphatic heterocycles. The fourth-order valence-electron chi connectivity index (χ4n) is 5.35. The van der Waals surface area contributed by atoms with E-state index in [-0.39, 0.29) is 0 Å². The van der Waals surface area contributed by atoms with Gasteiger partial charge in [0, 0.05) is 10.6 Å². The molecule has 0 fully saturated rings. The molecule has 0 unspecified atom stereocenters. The Hall–Kier alpha value is -2.31. The Kier molecular flexibility index (Phi) is 17.3. The summed E-state index contributed by atoms with van der Waals surface area (Å²) in [6.45, 7) is 6.12. The highest BCUT2D eigenvalue weighted by atomic mass is 31.1. The van der Waals surface area contributed by atoms with Crippen LogP contribution in [-0.4, -0.2) is 13.2 Å². The van der Waals surface area contributed by atoms with Gasteiger partial charge in [-0.05, 0) is 38.2 Å². The maximum absolute atomic E-state index is 6.48. The highest BCUT2D eigenvalue weighted by Gasteiger charge is 2.23. The van der Waals surface area contributed by atoms with Gasteiger partial charge in [-0.2, -0.15) is 0 Å². The Bertz CT molecular complexity index is 985. The summed E-state index contributed by atoms with van der Waals surface area (Å²) in [7, 11) is -0.810. The number of benzene rings is 3. The number of para-hydroxylation sites is 2. The zero-order valence-corrected chi connectivity index (χ0v) is 26.9. The second-order valence-electron chi connectivity index (χ2n) is 11.3. The van der Waals surface area contributed by atoms with Gasteiger partial charge >= 0.3 is 0 Å². The summed E-state index contributed by atoms with van der Waals surface area (Å²) in [6, 6.07) is 28.3. The average Bonchev–Trinajstić information content (AvgIpc) is 3.01. The smallest absolute Gasteiger partial charge is 0.127 e. The molecule has 0 heterocycles. The minimum atomic E-state index is -0.810. The maximum Gasteiger partial charge on any atom is 0.127 e. The van der Waals surface area contributed by atoms with E-state index in [1.54, 1.807) is 0 Å². The summed E-state index contributed by atoms with van der Waals surface area (Å²) in [5.74, 6) is 2.03. The first-order valence-electron chi connectivity index (χ1n) is 16.6. The van der Waals surface area contributed by atoms with Gasteiger partial charge in [0.1, 0.15) is 11.5 Å². The van der Waals surface area contributed by atoms with Crippen LogP contribution < -0.4 is 25.4 Å². The van der Waals surface area contributed by atoms with Crippen molar-refractivity contribution in [1.29, 1.82) is 0 Å². The highest BCUT2D eigenvalue weighted by molar-refractivity contribution is 7.80. The van der Waals surface area contributed by atoms with E-state index in [1.165, 1.54) is 106 Å². The third-order valence-electron chi connectivity index (χ3n) is 7.74. The van der Waals surface area contributed by atoms with Gasteiger partial charge in [0.05, 0.1) is 13.2 Å². The second-order valence-corrected chi connectivity index (χ2v) is 13.4. The Labute approximate surface area is 253 Å². The first-order chi connectivity index (χ1) is 20.3. The molecule has 41 heavy (non-hydrogen) atoms. The van der Waals surface area contributed by atoms with Crippen LogP contribution in [0.2, 0.25) is 0 Å². The number of unbranched alkanes of at least 4 members (excludes halogenated alkanes) is 14. The van der Waals surface area contributed by atoms with Crippen molar-refractivity contribution in [3.63, 3.8) is 0 Å². The first-order valence-corrected chi connectivity index (χ1v) is 18.0. The van der Waals surface area contributed by atoms with Crippen LogP contribution >= 0.6 is 7.92 Å². The van der Waals surface area contributed by atoms with Crippen molar-refractivity contribution in [3.05, 3.63) is 78.9 Å². The fourth-order valence-corrected chi connectivity index (χ4v) is 7.82. The third-order valence-corrected chi connectivity index (χ3v) is 10.3. The lowest BCUT2D eigenvalue weighted by Gasteiger charge is -2.24. The van der Waals surface area contributed by atoms with Crippen molar-refractivity contribution in [1.82, 2.24) is 0 Å². The van der Waals surface area contributed by atoms with Crippen molar-refractivity contribution >= 4 is 23.8 Å². The van der Waals surface area contributed by atoms with Gasteiger partial charge in [-0.1, -0.05) is 170 Å². The lowest BCUT2D eigenvalue weighted by molar-refractivity contribution is 0.306. The highest BCUT2D eigenvalue weighted by Crippen LogP contribution is 2.39. The van der Waals surface area contributed by atoms with Crippen molar-refractivity contribution < 1.29 is 9.47 Å². The lowest BCUT2D eigenvalue weighted by atomic mass is 10.1. The summed E-state index contributed by atoms with van der Waals surface area (Å²) in [6.07, 6.45) is 20.9. The van der Waals surface area contributed by atoms with Crippen LogP contribution in [0.15, 0.2) is 78.9 Å². The molecule has 0 amide bonds. The number of ether oxygens (including phenoxy) is 2. The Morgan fingerprint density at radius 2 is 0.780 bits per heavy atom. The van der Waals surface area contributed by atoms with Crippen LogP contribution in [0.1, 0.15) is 117 Å². The molecular formula is C38H55O2P.